The summed E-state index contributed by atoms with van der Waals surface area (Å²) in [5.74, 6) is -0.170. The first-order valence-corrected chi connectivity index (χ1v) is 11.2. The minimum absolute atomic E-state index is 0.0491. The van der Waals surface area contributed by atoms with Gasteiger partial charge < -0.3 is 19.3 Å². The number of ether oxygens (including phenoxy) is 2. The second kappa shape index (κ2) is 10.1. The van der Waals surface area contributed by atoms with E-state index >= 15 is 0 Å². The van der Waals surface area contributed by atoms with E-state index in [0.717, 1.165) is 18.3 Å². The Morgan fingerprint density at radius 2 is 1.82 bits per heavy atom. The van der Waals surface area contributed by atoms with Gasteiger partial charge in [0.2, 0.25) is 0 Å². The molecule has 0 spiro atoms. The molecule has 0 aliphatic heterocycles. The fourth-order valence-corrected chi connectivity index (χ4v) is 3.90. The highest BCUT2D eigenvalue weighted by atomic mass is 32.2. The van der Waals surface area contributed by atoms with Gasteiger partial charge in [-0.25, -0.2) is 8.42 Å². The third-order valence-corrected chi connectivity index (χ3v) is 5.89. The number of carbonyl (C=O) groups is 1. The van der Waals surface area contributed by atoms with Crippen molar-refractivity contribution in [3.63, 3.8) is 0 Å². The minimum Gasteiger partial charge on any atom is -0.491 e. The molecule has 3 aromatic rings. The summed E-state index contributed by atoms with van der Waals surface area (Å²) in [5.41, 5.74) is -2.13. The normalized spacial score (nSPS) is 11.8. The van der Waals surface area contributed by atoms with Crippen LogP contribution in [0, 0.1) is 6.92 Å². The molecule has 0 bridgehead atoms. The summed E-state index contributed by atoms with van der Waals surface area (Å²) >= 11 is 0. The molecule has 13 heteroatoms. The van der Waals surface area contributed by atoms with E-state index in [1.54, 1.807) is 0 Å². The molecule has 0 radical (unpaired) electrons. The van der Waals surface area contributed by atoms with Gasteiger partial charge in [0.25, 0.3) is 15.9 Å². The Kier molecular flexibility index (Phi) is 7.47. The molecule has 2 aromatic carbocycles. The maximum absolute atomic E-state index is 13.7. The first kappa shape index (κ1) is 25.1. The van der Waals surface area contributed by atoms with Crippen LogP contribution in [0.4, 0.5) is 24.5 Å². The number of anilines is 2. The van der Waals surface area contributed by atoms with Crippen LogP contribution in [0.5, 0.6) is 5.75 Å². The largest absolute Gasteiger partial charge is 0.491 e. The molecule has 1 amide bonds. The van der Waals surface area contributed by atoms with Crippen molar-refractivity contribution in [3.05, 3.63) is 65.5 Å². The minimum atomic E-state index is -4.91. The molecule has 2 N–H and O–H groups in total. The van der Waals surface area contributed by atoms with Crippen molar-refractivity contribution in [1.29, 1.82) is 0 Å². The van der Waals surface area contributed by atoms with Crippen LogP contribution in [-0.2, 0) is 20.9 Å². The molecule has 0 saturated carbocycles. The van der Waals surface area contributed by atoms with E-state index in [4.69, 9.17) is 14.0 Å². The summed E-state index contributed by atoms with van der Waals surface area (Å²) < 4.78 is 83.3. The summed E-state index contributed by atoms with van der Waals surface area (Å²) in [5, 5.41) is 5.75. The van der Waals surface area contributed by atoms with Crippen LogP contribution in [-0.4, -0.2) is 39.8 Å². The summed E-state index contributed by atoms with van der Waals surface area (Å²) in [6.07, 6.45) is -3.78. The first-order valence-electron chi connectivity index (χ1n) is 9.70. The average molecular weight is 499 g/mol. The van der Waals surface area contributed by atoms with Gasteiger partial charge in [-0.3, -0.25) is 9.52 Å². The van der Waals surface area contributed by atoms with Gasteiger partial charge in [0, 0.05) is 12.8 Å². The number of nitrogens with one attached hydrogen (secondary N) is 2. The Balaban J connectivity index is 1.83. The monoisotopic (exact) mass is 499 g/mol. The zero-order valence-electron chi connectivity index (χ0n) is 18.0. The second-order valence-electron chi connectivity index (χ2n) is 6.93. The maximum atomic E-state index is 13.7. The second-order valence-corrected chi connectivity index (χ2v) is 8.61. The van der Waals surface area contributed by atoms with Gasteiger partial charge in [0.15, 0.2) is 0 Å². The number of aromatic nitrogens is 1. The van der Waals surface area contributed by atoms with Crippen LogP contribution >= 0.6 is 0 Å². The third kappa shape index (κ3) is 6.05. The van der Waals surface area contributed by atoms with Crippen LogP contribution < -0.4 is 14.8 Å². The number of sulfonamides is 1. The molecule has 1 heterocycles. The van der Waals surface area contributed by atoms with E-state index in [9.17, 15) is 26.4 Å². The third-order valence-electron chi connectivity index (χ3n) is 4.51. The Hall–Kier alpha value is -3.58. The number of benzene rings is 2. The van der Waals surface area contributed by atoms with E-state index < -0.39 is 33.4 Å². The lowest BCUT2D eigenvalue weighted by molar-refractivity contribution is -0.136. The van der Waals surface area contributed by atoms with Gasteiger partial charge in [-0.15, -0.1) is 0 Å². The van der Waals surface area contributed by atoms with Crippen molar-refractivity contribution in [2.75, 3.05) is 30.4 Å². The Bertz CT molecular complexity index is 1260. The molecule has 0 aliphatic carbocycles. The molecular weight excluding hydrogens is 479 g/mol. The molecule has 1 aromatic heterocycles. The van der Waals surface area contributed by atoms with Crippen LogP contribution in [0.2, 0.25) is 0 Å². The highest BCUT2D eigenvalue weighted by Crippen LogP contribution is 2.37. The quantitative estimate of drug-likeness (QED) is 0.426. The van der Waals surface area contributed by atoms with Crippen molar-refractivity contribution in [2.45, 2.75) is 18.0 Å². The van der Waals surface area contributed by atoms with Crippen molar-refractivity contribution in [2.24, 2.45) is 0 Å². The van der Waals surface area contributed by atoms with Gasteiger partial charge in [-0.05, 0) is 49.4 Å². The predicted molar refractivity (Wildman–Crippen MR) is 115 cm³/mol. The molecule has 0 saturated heterocycles. The van der Waals surface area contributed by atoms with Gasteiger partial charge in [-0.2, -0.15) is 13.2 Å². The number of amides is 1. The van der Waals surface area contributed by atoms with Crippen LogP contribution in [0.1, 0.15) is 21.7 Å². The molecule has 9 nitrogen and oxygen atoms in total. The van der Waals surface area contributed by atoms with E-state index in [-0.39, 0.29) is 28.5 Å². The smallest absolute Gasteiger partial charge is 0.418 e. The highest BCUT2D eigenvalue weighted by molar-refractivity contribution is 7.92. The lowest BCUT2D eigenvalue weighted by Gasteiger charge is -2.17. The van der Waals surface area contributed by atoms with Crippen molar-refractivity contribution >= 4 is 27.3 Å². The van der Waals surface area contributed by atoms with Gasteiger partial charge in [0.05, 0.1) is 29.0 Å². The number of carbonyl (C=O) groups excluding carboxylic acids is 1. The molecule has 0 atom stereocenters. The molecule has 0 unspecified atom stereocenters. The lowest BCUT2D eigenvalue weighted by atomic mass is 10.1. The number of alkyl halides is 3. The SMILES string of the molecule is COCCOc1ccc(S(=O)(=O)Nc2ccc(NC(=O)c3cnoc3C)cc2C(F)(F)F)cc1. The Morgan fingerprint density at radius 3 is 2.41 bits per heavy atom. The zero-order valence-corrected chi connectivity index (χ0v) is 18.8. The van der Waals surface area contributed by atoms with Crippen LogP contribution in [0.15, 0.2) is 58.1 Å². The fraction of sp³-hybridized carbons (Fsp3) is 0.238. The number of methoxy groups -OCH3 is 1. The average Bonchev–Trinajstić information content (AvgIpc) is 3.20. The Labute approximate surface area is 192 Å². The van der Waals surface area contributed by atoms with E-state index in [2.05, 4.69) is 10.5 Å². The van der Waals surface area contributed by atoms with E-state index in [0.29, 0.717) is 18.4 Å². The van der Waals surface area contributed by atoms with Gasteiger partial charge >= 0.3 is 6.18 Å². The molecule has 182 valence electrons. The Morgan fingerprint density at radius 1 is 1.12 bits per heavy atom. The first-order chi connectivity index (χ1) is 16.0. The van der Waals surface area contributed by atoms with Crippen LogP contribution in [0.3, 0.4) is 0 Å². The number of halogens is 3. The number of rotatable bonds is 9. The van der Waals surface area contributed by atoms with Crippen molar-refractivity contribution in [1.82, 2.24) is 5.16 Å². The molecule has 0 fully saturated rings. The fourth-order valence-electron chi connectivity index (χ4n) is 2.82. The van der Waals surface area contributed by atoms with Gasteiger partial charge in [-0.1, -0.05) is 5.16 Å². The number of nitrogens with zero attached hydrogens (tertiary/aromatic N) is 1. The lowest BCUT2D eigenvalue weighted by Crippen LogP contribution is -2.18. The van der Waals surface area contributed by atoms with E-state index in [1.165, 1.54) is 38.3 Å². The van der Waals surface area contributed by atoms with E-state index in [1.807, 2.05) is 4.72 Å². The summed E-state index contributed by atoms with van der Waals surface area (Å²) in [6.45, 7) is 2.05. The molecule has 3 rings (SSSR count). The highest BCUT2D eigenvalue weighted by Gasteiger charge is 2.35. The summed E-state index contributed by atoms with van der Waals surface area (Å²) in [7, 11) is -2.85. The standard InChI is InChI=1S/C21H20F3N3O6S/c1-13-17(12-25-33-13)20(28)26-14-3-8-19(18(11-14)21(22,23)24)27-34(29,30)16-6-4-15(5-7-16)32-10-9-31-2/h3-8,11-12,27H,9-10H2,1-2H3,(H,26,28). The maximum Gasteiger partial charge on any atom is 0.418 e. The summed E-state index contributed by atoms with van der Waals surface area (Å²) in [4.78, 5) is 12.0. The van der Waals surface area contributed by atoms with Crippen LogP contribution in [0.25, 0.3) is 0 Å². The topological polar surface area (TPSA) is 120 Å². The number of aryl methyl sites for hydroxylation is 1. The predicted octanol–water partition coefficient (Wildman–Crippen LogP) is 4.08. The molecule has 34 heavy (non-hydrogen) atoms. The molecular formula is C21H20F3N3O6S. The van der Waals surface area contributed by atoms with Crippen molar-refractivity contribution in [3.8, 4) is 5.75 Å². The number of hydrogen-bond acceptors (Lipinski definition) is 7. The zero-order chi connectivity index (χ0) is 24.9. The number of hydrogen-bond donors (Lipinski definition) is 2. The molecule has 0 aliphatic rings. The van der Waals surface area contributed by atoms with Crippen molar-refractivity contribution < 1.29 is 40.4 Å². The summed E-state index contributed by atoms with van der Waals surface area (Å²) in [6, 6.07) is 7.84. The van der Waals surface area contributed by atoms with Gasteiger partial charge in [0.1, 0.15) is 23.7 Å².